The molecule has 1 heterocycles. The summed E-state index contributed by atoms with van der Waals surface area (Å²) >= 11 is 4.63. The van der Waals surface area contributed by atoms with E-state index in [1.807, 2.05) is 0 Å². The van der Waals surface area contributed by atoms with Crippen molar-refractivity contribution in [2.45, 2.75) is 50.6 Å². The number of hydrogen-bond donors (Lipinski definition) is 4. The second-order valence-corrected chi connectivity index (χ2v) is 8.59. The number of aliphatic hydroxyl groups is 4. The summed E-state index contributed by atoms with van der Waals surface area (Å²) in [5.41, 5.74) is -0.986. The molecule has 5 atom stereocenters. The topological polar surface area (TPSA) is 90.2 Å². The first kappa shape index (κ1) is 23.6. The molecular formula is C12H27AuO5PS. The molecule has 0 bridgehead atoms. The summed E-state index contributed by atoms with van der Waals surface area (Å²) in [6.07, 6.45) is -0.459. The minimum absolute atomic E-state index is 0. The minimum atomic E-state index is -1.35. The quantitative estimate of drug-likeness (QED) is 0.233. The van der Waals surface area contributed by atoms with Crippen LogP contribution in [0.1, 0.15) is 20.8 Å². The summed E-state index contributed by atoms with van der Waals surface area (Å²) < 4.78 is 4.84. The number of rotatable bonds is 4. The summed E-state index contributed by atoms with van der Waals surface area (Å²) in [5, 5.41) is 36.1. The van der Waals surface area contributed by atoms with Gasteiger partial charge in [-0.3, -0.25) is 0 Å². The van der Waals surface area contributed by atoms with E-state index in [-0.39, 0.29) is 30.3 Å². The van der Waals surface area contributed by atoms with Gasteiger partial charge in [0.05, 0.1) is 31.2 Å². The van der Waals surface area contributed by atoms with E-state index in [0.717, 1.165) is 0 Å². The molecular weight excluding hydrogens is 484 g/mol. The van der Waals surface area contributed by atoms with Gasteiger partial charge < -0.3 is 37.8 Å². The van der Waals surface area contributed by atoms with Gasteiger partial charge in [0.1, 0.15) is 18.3 Å². The Balaban J connectivity index is 0. The molecule has 0 spiro atoms. The zero-order chi connectivity index (χ0) is 15.0. The van der Waals surface area contributed by atoms with E-state index in [1.54, 1.807) is 0 Å². The Morgan fingerprint density at radius 3 is 1.70 bits per heavy atom. The van der Waals surface area contributed by atoms with E-state index < -0.39 is 36.5 Å². The van der Waals surface area contributed by atoms with Gasteiger partial charge >= 0.3 is 0 Å². The van der Waals surface area contributed by atoms with Gasteiger partial charge in [-0.05, 0) is 34.1 Å². The van der Waals surface area contributed by atoms with Crippen molar-refractivity contribution in [2.24, 2.45) is 0 Å². The second kappa shape index (κ2) is 12.8. The van der Waals surface area contributed by atoms with Gasteiger partial charge in [0.25, 0.3) is 0 Å². The third-order valence-corrected chi connectivity index (χ3v) is 6.74. The first-order valence-corrected chi connectivity index (χ1v) is 9.31. The molecule has 8 heteroatoms. The molecule has 5 nitrogen and oxygen atoms in total. The largest absolute Gasteiger partial charge is 0.759 e. The molecule has 4 N–H and O–H groups in total. The van der Waals surface area contributed by atoms with Crippen LogP contribution in [-0.2, 0) is 39.7 Å². The molecule has 1 aliphatic heterocycles. The Hall–Kier alpha value is 1.32. The molecule has 2 unspecified atom stereocenters. The molecule has 1 rings (SSSR count). The van der Waals surface area contributed by atoms with Gasteiger partial charge in [0, 0.05) is 22.4 Å². The van der Waals surface area contributed by atoms with Crippen molar-refractivity contribution in [2.75, 3.05) is 25.1 Å². The fourth-order valence-electron chi connectivity index (χ4n) is 1.82. The van der Waals surface area contributed by atoms with Crippen LogP contribution in [0.25, 0.3) is 0 Å². The minimum Gasteiger partial charge on any atom is -0.759 e. The van der Waals surface area contributed by atoms with E-state index in [4.69, 9.17) is 20.1 Å². The molecule has 0 aromatic carbocycles. The fraction of sp³-hybridized carbons (Fsp3) is 1.00. The van der Waals surface area contributed by atoms with Crippen molar-refractivity contribution in [1.82, 2.24) is 0 Å². The average Bonchev–Trinajstić information content (AvgIpc) is 2.43. The van der Waals surface area contributed by atoms with Gasteiger partial charge in [0.15, 0.2) is 0 Å². The van der Waals surface area contributed by atoms with Crippen molar-refractivity contribution in [1.29, 1.82) is 0 Å². The molecule has 0 aromatic heterocycles. The molecule has 0 aromatic rings. The average molecular weight is 511 g/mol. The van der Waals surface area contributed by atoms with Crippen LogP contribution in [-0.4, -0.2) is 75.4 Å². The Morgan fingerprint density at radius 2 is 1.40 bits per heavy atom. The van der Waals surface area contributed by atoms with Crippen LogP contribution in [0.15, 0.2) is 0 Å². The summed E-state index contributed by atoms with van der Waals surface area (Å²) in [4.78, 5) is 0. The van der Waals surface area contributed by atoms with Crippen LogP contribution in [0, 0.1) is 0 Å². The summed E-state index contributed by atoms with van der Waals surface area (Å²) in [5.74, 6) is 0. The fourth-order valence-corrected chi connectivity index (χ4v) is 3.62. The van der Waals surface area contributed by atoms with Crippen LogP contribution in [0.2, 0.25) is 0 Å². The third kappa shape index (κ3) is 7.54. The predicted molar refractivity (Wildman–Crippen MR) is 81.1 cm³/mol. The van der Waals surface area contributed by atoms with Crippen molar-refractivity contribution >= 4 is 20.6 Å². The van der Waals surface area contributed by atoms with E-state index in [0.29, 0.717) is 0 Å². The van der Waals surface area contributed by atoms with Crippen LogP contribution in [0.4, 0.5) is 0 Å². The van der Waals surface area contributed by atoms with Gasteiger partial charge in [-0.25, -0.2) is 0 Å². The van der Waals surface area contributed by atoms with Crippen LogP contribution in [0.3, 0.4) is 0 Å². The van der Waals surface area contributed by atoms with E-state index in [9.17, 15) is 5.11 Å². The van der Waals surface area contributed by atoms with Crippen molar-refractivity contribution < 1.29 is 47.5 Å². The molecule has 1 fully saturated rings. The second-order valence-electron chi connectivity index (χ2n) is 4.51. The van der Waals surface area contributed by atoms with E-state index in [1.165, 1.54) is 18.5 Å². The van der Waals surface area contributed by atoms with Crippen molar-refractivity contribution in [3.8, 4) is 0 Å². The Morgan fingerprint density at radius 1 is 0.950 bits per heavy atom. The van der Waals surface area contributed by atoms with Gasteiger partial charge in [-0.15, -0.1) is 0 Å². The zero-order valence-corrected chi connectivity index (χ0v) is 16.1. The van der Waals surface area contributed by atoms with Crippen LogP contribution >= 0.6 is 7.92 Å². The standard InChI is InChI=1S/C6H12O5S.C6H15P.Au/c7-1-2-3(8)4(9)5(10)6(12)11-2;1-4-7(5-2)6-3;/h2-10,12H,1H2;4-6H2,1-3H3;/t2?,3-,4+,5?,6+;;/m1../s1. The number of ether oxygens (including phenoxy) is 1. The maximum atomic E-state index is 9.18. The molecule has 1 saturated heterocycles. The molecule has 1 aliphatic rings. The molecule has 0 amide bonds. The van der Waals surface area contributed by atoms with Crippen molar-refractivity contribution in [3.05, 3.63) is 0 Å². The molecule has 1 radical (unpaired) electrons. The summed E-state index contributed by atoms with van der Waals surface area (Å²) in [7, 11) is 0.137. The zero-order valence-electron chi connectivity index (χ0n) is 12.1. The van der Waals surface area contributed by atoms with E-state index in [2.05, 4.69) is 33.4 Å². The first-order chi connectivity index (χ1) is 8.92. The maximum absolute atomic E-state index is 9.18. The maximum Gasteiger partial charge on any atom is 0.111 e. The van der Waals surface area contributed by atoms with Crippen LogP contribution < -0.4 is 0 Å². The van der Waals surface area contributed by atoms with Crippen LogP contribution in [0.5, 0.6) is 0 Å². The smallest absolute Gasteiger partial charge is 0.111 e. The Kier molecular flexibility index (Phi) is 15.1. The Bertz CT molecular complexity index is 226. The SMILES string of the molecule is CC[PH+](CC)CC.OCC1O[C@@H]([S-])C(O)[C@@H](O)[C@@H]1O.[Au]. The number of aliphatic hydroxyl groups excluding tert-OH is 4. The van der Waals surface area contributed by atoms with E-state index >= 15 is 0 Å². The summed E-state index contributed by atoms with van der Waals surface area (Å²) in [6, 6.07) is 0. The van der Waals surface area contributed by atoms with Gasteiger partial charge in [-0.1, -0.05) is 0 Å². The van der Waals surface area contributed by atoms with Gasteiger partial charge in [0.2, 0.25) is 0 Å². The molecule has 0 aliphatic carbocycles. The summed E-state index contributed by atoms with van der Waals surface area (Å²) in [6.45, 7) is 6.49. The predicted octanol–water partition coefficient (Wildman–Crippen LogP) is -0.409. The van der Waals surface area contributed by atoms with Gasteiger partial charge in [-0.2, -0.15) is 0 Å². The number of hydrogen-bond acceptors (Lipinski definition) is 6. The van der Waals surface area contributed by atoms with Crippen molar-refractivity contribution in [3.63, 3.8) is 0 Å². The Labute approximate surface area is 143 Å². The third-order valence-electron chi connectivity index (χ3n) is 3.35. The molecule has 20 heavy (non-hydrogen) atoms. The monoisotopic (exact) mass is 511 g/mol. The normalized spacial score (nSPS) is 33.1. The first-order valence-electron chi connectivity index (χ1n) is 6.72. The molecule has 127 valence electrons. The molecule has 0 saturated carbocycles.